The topological polar surface area (TPSA) is 133 Å². The van der Waals surface area contributed by atoms with Crippen molar-refractivity contribution in [2.75, 3.05) is 18.4 Å². The highest BCUT2D eigenvalue weighted by Crippen LogP contribution is 2.34. The molecule has 1 heterocycles. The van der Waals surface area contributed by atoms with E-state index in [0.717, 1.165) is 19.3 Å². The maximum absolute atomic E-state index is 13.1. The zero-order valence-electron chi connectivity index (χ0n) is 18.5. The van der Waals surface area contributed by atoms with Gasteiger partial charge in [0, 0.05) is 23.7 Å². The second-order valence-corrected chi connectivity index (χ2v) is 8.56. The summed E-state index contributed by atoms with van der Waals surface area (Å²) in [6, 6.07) is 12.9. The van der Waals surface area contributed by atoms with Gasteiger partial charge in [-0.3, -0.25) is 28.9 Å². The first-order valence-electron chi connectivity index (χ1n) is 11.2. The monoisotopic (exact) mass is 463 g/mol. The Balaban J connectivity index is 1.40. The van der Waals surface area contributed by atoms with Gasteiger partial charge in [0.05, 0.1) is 11.1 Å². The number of carboxylic acids is 1. The number of rotatable bonds is 7. The fourth-order valence-electron chi connectivity index (χ4n) is 4.61. The highest BCUT2D eigenvalue weighted by molar-refractivity contribution is 6.21. The van der Waals surface area contributed by atoms with Crippen molar-refractivity contribution in [1.82, 2.24) is 10.2 Å². The number of carboxylic acid groups (broad SMARTS) is 1. The summed E-state index contributed by atoms with van der Waals surface area (Å²) in [5.74, 6) is -2.98. The zero-order valence-corrected chi connectivity index (χ0v) is 18.5. The smallest absolute Gasteiger partial charge is 0.322 e. The summed E-state index contributed by atoms with van der Waals surface area (Å²) in [6.45, 7) is -0.277. The molecule has 4 rings (SSSR count). The number of hydrogen-bond acceptors (Lipinski definition) is 5. The molecule has 2 aliphatic rings. The van der Waals surface area contributed by atoms with Crippen LogP contribution in [0.4, 0.5) is 5.69 Å². The molecule has 2 aromatic rings. The lowest BCUT2D eigenvalue weighted by Gasteiger charge is -2.32. The van der Waals surface area contributed by atoms with Crippen LogP contribution in [0, 0.1) is 11.8 Å². The van der Waals surface area contributed by atoms with Crippen LogP contribution in [0.5, 0.6) is 0 Å². The number of aliphatic carboxylic acids is 1. The average molecular weight is 463 g/mol. The lowest BCUT2D eigenvalue weighted by molar-refractivity contribution is -0.135. The number of nitrogens with one attached hydrogen (secondary N) is 2. The summed E-state index contributed by atoms with van der Waals surface area (Å²) in [7, 11) is 0. The Labute approximate surface area is 196 Å². The Bertz CT molecular complexity index is 1110. The van der Waals surface area contributed by atoms with E-state index in [1.807, 2.05) is 0 Å². The van der Waals surface area contributed by atoms with Crippen molar-refractivity contribution in [3.05, 3.63) is 65.2 Å². The Morgan fingerprint density at radius 1 is 0.912 bits per heavy atom. The van der Waals surface area contributed by atoms with Crippen LogP contribution in [0.3, 0.4) is 0 Å². The van der Waals surface area contributed by atoms with Gasteiger partial charge in [-0.15, -0.1) is 0 Å². The molecule has 1 aliphatic carbocycles. The molecule has 34 heavy (non-hydrogen) atoms. The van der Waals surface area contributed by atoms with Crippen molar-refractivity contribution >= 4 is 35.3 Å². The number of imide groups is 1. The van der Waals surface area contributed by atoms with Gasteiger partial charge in [-0.1, -0.05) is 25.0 Å². The van der Waals surface area contributed by atoms with Crippen molar-refractivity contribution in [3.63, 3.8) is 0 Å². The van der Waals surface area contributed by atoms with Gasteiger partial charge < -0.3 is 15.7 Å². The summed E-state index contributed by atoms with van der Waals surface area (Å²) in [5.41, 5.74) is 1.58. The van der Waals surface area contributed by atoms with Crippen molar-refractivity contribution in [2.24, 2.45) is 11.8 Å². The minimum Gasteiger partial charge on any atom is -0.480 e. The fraction of sp³-hybridized carbons (Fsp3) is 0.320. The van der Waals surface area contributed by atoms with Crippen LogP contribution in [0.2, 0.25) is 0 Å². The van der Waals surface area contributed by atoms with Gasteiger partial charge in [0.2, 0.25) is 5.91 Å². The van der Waals surface area contributed by atoms with Gasteiger partial charge in [0.1, 0.15) is 6.54 Å². The van der Waals surface area contributed by atoms with Crippen LogP contribution in [-0.2, 0) is 9.59 Å². The first-order chi connectivity index (χ1) is 16.3. The molecular formula is C25H25N3O6. The molecule has 176 valence electrons. The van der Waals surface area contributed by atoms with E-state index in [4.69, 9.17) is 5.11 Å². The average Bonchev–Trinajstić information content (AvgIpc) is 3.08. The Morgan fingerprint density at radius 2 is 1.53 bits per heavy atom. The number of amides is 4. The second kappa shape index (κ2) is 9.86. The summed E-state index contributed by atoms with van der Waals surface area (Å²) >= 11 is 0. The normalized spacial score (nSPS) is 19.5. The molecule has 2 unspecified atom stereocenters. The Kier molecular flexibility index (Phi) is 6.72. The minimum absolute atomic E-state index is 0.142. The predicted octanol–water partition coefficient (Wildman–Crippen LogP) is 2.54. The van der Waals surface area contributed by atoms with Gasteiger partial charge in [-0.25, -0.2) is 0 Å². The maximum atomic E-state index is 13.1. The predicted molar refractivity (Wildman–Crippen MR) is 122 cm³/mol. The van der Waals surface area contributed by atoms with E-state index in [0.29, 0.717) is 23.2 Å². The second-order valence-electron chi connectivity index (χ2n) is 8.56. The van der Waals surface area contributed by atoms with Crippen molar-refractivity contribution < 1.29 is 29.1 Å². The van der Waals surface area contributed by atoms with E-state index in [2.05, 4.69) is 10.6 Å². The quantitative estimate of drug-likeness (QED) is 0.541. The van der Waals surface area contributed by atoms with E-state index in [1.54, 1.807) is 36.4 Å². The minimum atomic E-state index is -1.14. The number of benzene rings is 2. The van der Waals surface area contributed by atoms with E-state index >= 15 is 0 Å². The molecule has 0 bridgehead atoms. The number of carbonyl (C=O) groups excluding carboxylic acids is 4. The lowest BCUT2D eigenvalue weighted by Crippen LogP contribution is -2.41. The lowest BCUT2D eigenvalue weighted by atomic mass is 9.78. The molecule has 9 heteroatoms. The van der Waals surface area contributed by atoms with Crippen LogP contribution in [0.25, 0.3) is 0 Å². The third-order valence-corrected chi connectivity index (χ3v) is 6.36. The van der Waals surface area contributed by atoms with Crippen LogP contribution in [-0.4, -0.2) is 52.7 Å². The third kappa shape index (κ3) is 4.83. The number of nitrogens with zero attached hydrogens (tertiary/aromatic N) is 1. The zero-order chi connectivity index (χ0) is 24.2. The molecule has 9 nitrogen and oxygen atoms in total. The molecule has 0 aromatic heterocycles. The third-order valence-electron chi connectivity index (χ3n) is 6.36. The molecule has 1 saturated carbocycles. The summed E-state index contributed by atoms with van der Waals surface area (Å²) < 4.78 is 0. The number of carbonyl (C=O) groups is 5. The molecule has 0 saturated heterocycles. The van der Waals surface area contributed by atoms with Gasteiger partial charge in [-0.2, -0.15) is 0 Å². The molecule has 4 amide bonds. The molecular weight excluding hydrogens is 438 g/mol. The van der Waals surface area contributed by atoms with Crippen LogP contribution < -0.4 is 10.6 Å². The van der Waals surface area contributed by atoms with Crippen LogP contribution in [0.1, 0.15) is 56.8 Å². The fourth-order valence-corrected chi connectivity index (χ4v) is 4.61. The highest BCUT2D eigenvalue weighted by Gasteiger charge is 2.40. The van der Waals surface area contributed by atoms with Crippen LogP contribution in [0.15, 0.2) is 48.5 Å². The van der Waals surface area contributed by atoms with Crippen molar-refractivity contribution in [3.8, 4) is 0 Å². The van der Waals surface area contributed by atoms with E-state index in [9.17, 15) is 24.0 Å². The molecule has 2 atom stereocenters. The van der Waals surface area contributed by atoms with Gasteiger partial charge in [-0.05, 0) is 55.2 Å². The number of fused-ring (bicyclic) bond motifs is 1. The SMILES string of the molecule is O=C(O)CNC(=O)c1ccc(NC(=O)C2CCCCC2CN2C(=O)c3ccccc3C2=O)cc1. The number of anilines is 1. The van der Waals surface area contributed by atoms with Crippen molar-refractivity contribution in [1.29, 1.82) is 0 Å². The molecule has 3 N–H and O–H groups in total. The maximum Gasteiger partial charge on any atom is 0.322 e. The van der Waals surface area contributed by atoms with Crippen LogP contribution >= 0.6 is 0 Å². The van der Waals surface area contributed by atoms with E-state index in [-0.39, 0.29) is 41.7 Å². The highest BCUT2D eigenvalue weighted by atomic mass is 16.4. The van der Waals surface area contributed by atoms with Gasteiger partial charge in [0.15, 0.2) is 0 Å². The largest absolute Gasteiger partial charge is 0.480 e. The van der Waals surface area contributed by atoms with Crippen molar-refractivity contribution in [2.45, 2.75) is 25.7 Å². The Morgan fingerprint density at radius 3 is 2.15 bits per heavy atom. The summed E-state index contributed by atoms with van der Waals surface area (Å²) in [6.07, 6.45) is 3.22. The molecule has 2 aromatic carbocycles. The van der Waals surface area contributed by atoms with E-state index in [1.165, 1.54) is 17.0 Å². The molecule has 0 radical (unpaired) electrons. The first kappa shape index (κ1) is 23.2. The Hall–Kier alpha value is -4.01. The van der Waals surface area contributed by atoms with Gasteiger partial charge in [0.25, 0.3) is 17.7 Å². The molecule has 0 spiro atoms. The summed E-state index contributed by atoms with van der Waals surface area (Å²) in [5, 5.41) is 13.8. The first-order valence-corrected chi connectivity index (χ1v) is 11.2. The summed E-state index contributed by atoms with van der Waals surface area (Å²) in [4.78, 5) is 62.4. The number of hydrogen-bond donors (Lipinski definition) is 3. The molecule has 1 fully saturated rings. The molecule has 1 aliphatic heterocycles. The van der Waals surface area contributed by atoms with Gasteiger partial charge >= 0.3 is 5.97 Å². The standard InChI is InChI=1S/C25H25N3O6/c29-21(30)13-26-22(31)15-9-11-17(12-10-15)27-23(32)18-6-2-1-5-16(18)14-28-24(33)19-7-3-4-8-20(19)25(28)34/h3-4,7-12,16,18H,1-2,5-6,13-14H2,(H,26,31)(H,27,32)(H,29,30). The van der Waals surface area contributed by atoms with E-state index < -0.39 is 18.4 Å².